The Morgan fingerprint density at radius 2 is 1.91 bits per heavy atom. The zero-order valence-electron chi connectivity index (χ0n) is 19.1. The van der Waals surface area contributed by atoms with Crippen molar-refractivity contribution in [1.29, 1.82) is 0 Å². The zero-order valence-corrected chi connectivity index (χ0v) is 19.9. The quantitative estimate of drug-likeness (QED) is 0.528. The maximum absolute atomic E-state index is 12.6. The van der Waals surface area contributed by atoms with Gasteiger partial charge in [0.1, 0.15) is 11.6 Å². The third-order valence-corrected chi connectivity index (χ3v) is 6.80. The summed E-state index contributed by atoms with van der Waals surface area (Å²) in [5.74, 6) is 1.23. The highest BCUT2D eigenvalue weighted by atomic mass is 32.2. The molecule has 8 nitrogen and oxygen atoms in total. The Kier molecular flexibility index (Phi) is 7.20. The fraction of sp³-hybridized carbons (Fsp3) is 0.391. The van der Waals surface area contributed by atoms with Gasteiger partial charge < -0.3 is 14.6 Å². The third-order valence-electron chi connectivity index (χ3n) is 4.99. The van der Waals surface area contributed by atoms with Crippen LogP contribution in [0.4, 0.5) is 5.69 Å². The average Bonchev–Trinajstić information content (AvgIpc) is 3.09. The van der Waals surface area contributed by atoms with Gasteiger partial charge in [-0.1, -0.05) is 12.1 Å². The van der Waals surface area contributed by atoms with E-state index in [2.05, 4.69) is 10.3 Å². The third kappa shape index (κ3) is 5.11. The fourth-order valence-electron chi connectivity index (χ4n) is 3.44. The second-order valence-electron chi connectivity index (χ2n) is 7.92. The number of ether oxygens (including phenoxy) is 1. The van der Waals surface area contributed by atoms with E-state index in [9.17, 15) is 13.2 Å². The van der Waals surface area contributed by atoms with Gasteiger partial charge in [-0.3, -0.25) is 4.79 Å². The van der Waals surface area contributed by atoms with E-state index in [1.807, 2.05) is 49.6 Å². The number of nitrogens with one attached hydrogen (secondary N) is 1. The van der Waals surface area contributed by atoms with Crippen molar-refractivity contribution in [1.82, 2.24) is 13.9 Å². The van der Waals surface area contributed by atoms with Crippen molar-refractivity contribution >= 4 is 32.7 Å². The minimum atomic E-state index is -3.54. The number of carbonyl (C=O) groups excluding carboxylic acids is 1. The first-order valence-electron chi connectivity index (χ1n) is 10.6. The molecule has 9 heteroatoms. The summed E-state index contributed by atoms with van der Waals surface area (Å²) in [6.45, 7) is 6.53. The molecule has 32 heavy (non-hydrogen) atoms. The molecule has 0 bridgehead atoms. The van der Waals surface area contributed by atoms with E-state index in [4.69, 9.17) is 4.74 Å². The Balaban J connectivity index is 1.78. The number of sulfonamides is 1. The van der Waals surface area contributed by atoms with Crippen molar-refractivity contribution in [3.63, 3.8) is 0 Å². The highest BCUT2D eigenvalue weighted by molar-refractivity contribution is 7.89. The van der Waals surface area contributed by atoms with E-state index in [1.165, 1.54) is 18.4 Å². The van der Waals surface area contributed by atoms with Crippen LogP contribution >= 0.6 is 0 Å². The molecule has 172 valence electrons. The molecule has 1 amide bonds. The monoisotopic (exact) mass is 458 g/mol. The number of anilines is 1. The number of hydrogen-bond acceptors (Lipinski definition) is 5. The molecule has 0 aliphatic heterocycles. The lowest BCUT2D eigenvalue weighted by atomic mass is 10.2. The highest BCUT2D eigenvalue weighted by Gasteiger charge is 2.20. The Morgan fingerprint density at radius 1 is 1.19 bits per heavy atom. The van der Waals surface area contributed by atoms with Gasteiger partial charge in [-0.2, -0.15) is 0 Å². The van der Waals surface area contributed by atoms with Crippen LogP contribution in [0.25, 0.3) is 11.0 Å². The van der Waals surface area contributed by atoms with Crippen LogP contribution in [0.1, 0.15) is 33.0 Å². The number of aromatic nitrogens is 2. The molecule has 2 aromatic carbocycles. The molecule has 0 spiro atoms. The van der Waals surface area contributed by atoms with Crippen LogP contribution < -0.4 is 10.1 Å². The first-order valence-corrected chi connectivity index (χ1v) is 12.0. The Labute approximate surface area is 189 Å². The first-order chi connectivity index (χ1) is 15.1. The summed E-state index contributed by atoms with van der Waals surface area (Å²) in [5.41, 5.74) is 2.07. The molecule has 3 aromatic rings. The van der Waals surface area contributed by atoms with Crippen molar-refractivity contribution < 1.29 is 17.9 Å². The Hall–Kier alpha value is -2.91. The van der Waals surface area contributed by atoms with Crippen molar-refractivity contribution in [2.24, 2.45) is 0 Å². The molecule has 0 radical (unpaired) electrons. The van der Waals surface area contributed by atoms with Crippen LogP contribution in [-0.4, -0.2) is 48.4 Å². The Morgan fingerprint density at radius 3 is 2.56 bits per heavy atom. The molecule has 3 rings (SSSR count). The summed E-state index contributed by atoms with van der Waals surface area (Å²) in [4.78, 5) is 17.4. The topological polar surface area (TPSA) is 93.5 Å². The maximum atomic E-state index is 12.6. The van der Waals surface area contributed by atoms with Crippen LogP contribution in [0.15, 0.2) is 47.4 Å². The molecule has 1 aromatic heterocycles. The SMILES string of the molecule is CCn1c(CCC(=O)Nc2ccccc2OC(C)C)nc2cc(S(=O)(=O)N(C)C)ccc21. The predicted molar refractivity (Wildman–Crippen MR) is 125 cm³/mol. The molecule has 1 heterocycles. The summed E-state index contributed by atoms with van der Waals surface area (Å²) in [6.07, 6.45) is 0.665. The van der Waals surface area contributed by atoms with Gasteiger partial charge >= 0.3 is 0 Å². The molecule has 0 aliphatic carbocycles. The lowest BCUT2D eigenvalue weighted by Gasteiger charge is -2.14. The van der Waals surface area contributed by atoms with Gasteiger partial charge in [0.2, 0.25) is 15.9 Å². The van der Waals surface area contributed by atoms with Gasteiger partial charge in [0.25, 0.3) is 0 Å². The normalized spacial score (nSPS) is 12.0. The molecular weight excluding hydrogens is 428 g/mol. The highest BCUT2D eigenvalue weighted by Crippen LogP contribution is 2.26. The lowest BCUT2D eigenvalue weighted by molar-refractivity contribution is -0.116. The number of amides is 1. The number of rotatable bonds is 9. The van der Waals surface area contributed by atoms with Gasteiger partial charge in [0.05, 0.1) is 27.7 Å². The minimum Gasteiger partial charge on any atom is -0.489 e. The summed E-state index contributed by atoms with van der Waals surface area (Å²) in [5, 5.41) is 2.91. The van der Waals surface area contributed by atoms with E-state index >= 15 is 0 Å². The van der Waals surface area contributed by atoms with Gasteiger partial charge in [0, 0.05) is 33.5 Å². The second-order valence-corrected chi connectivity index (χ2v) is 10.1. The smallest absolute Gasteiger partial charge is 0.242 e. The first kappa shape index (κ1) is 23.7. The largest absolute Gasteiger partial charge is 0.489 e. The van der Waals surface area contributed by atoms with Crippen LogP contribution in [0, 0.1) is 0 Å². The number of fused-ring (bicyclic) bond motifs is 1. The zero-order chi connectivity index (χ0) is 23.5. The number of para-hydroxylation sites is 2. The Bertz CT molecular complexity index is 1220. The van der Waals surface area contributed by atoms with E-state index in [0.29, 0.717) is 29.9 Å². The van der Waals surface area contributed by atoms with Crippen molar-refractivity contribution in [2.45, 2.75) is 51.2 Å². The van der Waals surface area contributed by atoms with Crippen LogP contribution in [0.2, 0.25) is 0 Å². The maximum Gasteiger partial charge on any atom is 0.242 e. The van der Waals surface area contributed by atoms with Crippen molar-refractivity contribution in [2.75, 3.05) is 19.4 Å². The van der Waals surface area contributed by atoms with Gasteiger partial charge in [-0.15, -0.1) is 0 Å². The molecule has 0 fully saturated rings. The summed E-state index contributed by atoms with van der Waals surface area (Å²) in [6, 6.07) is 12.3. The minimum absolute atomic E-state index is 0.00119. The van der Waals surface area contributed by atoms with Crippen LogP contribution in [-0.2, 0) is 27.8 Å². The molecule has 0 aliphatic rings. The molecule has 0 unspecified atom stereocenters. The number of hydrogen-bond donors (Lipinski definition) is 1. The summed E-state index contributed by atoms with van der Waals surface area (Å²) in [7, 11) is -0.547. The summed E-state index contributed by atoms with van der Waals surface area (Å²) >= 11 is 0. The molecule has 0 saturated carbocycles. The standard InChI is InChI=1S/C23H30N4O4S/c1-6-27-20-12-11-17(32(29,30)26(4)5)15-19(20)24-22(27)13-14-23(28)25-18-9-7-8-10-21(18)31-16(2)3/h7-12,15-16H,6,13-14H2,1-5H3,(H,25,28). The van der Waals surface area contributed by atoms with Gasteiger partial charge in [-0.25, -0.2) is 17.7 Å². The number of aryl methyl sites for hydroxylation is 2. The van der Waals surface area contributed by atoms with Gasteiger partial charge in [0.15, 0.2) is 0 Å². The number of benzene rings is 2. The lowest BCUT2D eigenvalue weighted by Crippen LogP contribution is -2.22. The predicted octanol–water partition coefficient (Wildman–Crippen LogP) is 3.67. The molecule has 0 atom stereocenters. The molecule has 1 N–H and O–H groups in total. The number of carbonyl (C=O) groups is 1. The second kappa shape index (κ2) is 9.70. The van der Waals surface area contributed by atoms with Crippen molar-refractivity contribution in [3.8, 4) is 5.75 Å². The van der Waals surface area contributed by atoms with E-state index in [1.54, 1.807) is 18.2 Å². The number of imidazole rings is 1. The van der Waals surface area contributed by atoms with Gasteiger partial charge in [-0.05, 0) is 51.1 Å². The molecule has 0 saturated heterocycles. The van der Waals surface area contributed by atoms with E-state index < -0.39 is 10.0 Å². The average molecular weight is 459 g/mol. The summed E-state index contributed by atoms with van der Waals surface area (Å²) < 4.78 is 33.8. The van der Waals surface area contributed by atoms with Crippen LogP contribution in [0.3, 0.4) is 0 Å². The molecular formula is C23H30N4O4S. The van der Waals surface area contributed by atoms with Crippen molar-refractivity contribution in [3.05, 3.63) is 48.3 Å². The number of nitrogens with zero attached hydrogens (tertiary/aromatic N) is 3. The fourth-order valence-corrected chi connectivity index (χ4v) is 4.36. The van der Waals surface area contributed by atoms with E-state index in [0.717, 1.165) is 11.3 Å². The van der Waals surface area contributed by atoms with Crippen LogP contribution in [0.5, 0.6) is 5.75 Å². The van der Waals surface area contributed by atoms with E-state index in [-0.39, 0.29) is 23.3 Å².